The summed E-state index contributed by atoms with van der Waals surface area (Å²) in [6, 6.07) is 17.3. The van der Waals surface area contributed by atoms with Gasteiger partial charge in [-0.25, -0.2) is 0 Å². The van der Waals surface area contributed by atoms with Gasteiger partial charge in [0.15, 0.2) is 0 Å². The van der Waals surface area contributed by atoms with Crippen molar-refractivity contribution in [3.63, 3.8) is 0 Å². The summed E-state index contributed by atoms with van der Waals surface area (Å²) in [4.78, 5) is 24.7. The third kappa shape index (κ3) is 4.77. The monoisotopic (exact) mass is 382 g/mol. The molecule has 0 aliphatic carbocycles. The molecule has 0 fully saturated rings. The number of hydrogen-bond donors (Lipinski definition) is 1. The molecule has 0 saturated carbocycles. The number of pyridine rings is 1. The lowest BCUT2D eigenvalue weighted by atomic mass is 10.2. The van der Waals surface area contributed by atoms with Crippen molar-refractivity contribution in [1.82, 2.24) is 4.57 Å². The summed E-state index contributed by atoms with van der Waals surface area (Å²) in [6.07, 6.45) is 1.54. The Kier molecular flexibility index (Phi) is 5.94. The first kappa shape index (κ1) is 18.7. The Morgan fingerprint density at radius 3 is 2.52 bits per heavy atom. The minimum atomic E-state index is -0.299. The predicted molar refractivity (Wildman–Crippen MR) is 107 cm³/mol. The van der Waals surface area contributed by atoms with Crippen molar-refractivity contribution < 1.29 is 9.53 Å². The number of rotatable bonds is 6. The third-order valence-electron chi connectivity index (χ3n) is 3.97. The van der Waals surface area contributed by atoms with E-state index in [2.05, 4.69) is 5.32 Å². The maximum Gasteiger partial charge on any atom is 0.257 e. The molecule has 0 unspecified atom stereocenters. The molecule has 0 bridgehead atoms. The fraction of sp³-hybridized carbons (Fsp3) is 0.143. The second-order valence-corrected chi connectivity index (χ2v) is 6.29. The smallest absolute Gasteiger partial charge is 0.257 e. The van der Waals surface area contributed by atoms with Crippen LogP contribution >= 0.6 is 11.6 Å². The van der Waals surface area contributed by atoms with Crippen LogP contribution < -0.4 is 15.6 Å². The van der Waals surface area contributed by atoms with Crippen LogP contribution in [0.3, 0.4) is 0 Å². The highest BCUT2D eigenvalue weighted by atomic mass is 35.5. The molecule has 1 heterocycles. The van der Waals surface area contributed by atoms with Crippen molar-refractivity contribution in [2.75, 3.05) is 11.9 Å². The molecule has 2 aromatic carbocycles. The van der Waals surface area contributed by atoms with E-state index < -0.39 is 0 Å². The van der Waals surface area contributed by atoms with Gasteiger partial charge in [-0.1, -0.05) is 29.8 Å². The molecule has 3 aromatic rings. The quantitative estimate of drug-likeness (QED) is 0.695. The molecule has 0 aliphatic heterocycles. The maximum absolute atomic E-state index is 12.5. The van der Waals surface area contributed by atoms with Crippen LogP contribution in [0.25, 0.3) is 0 Å². The average Bonchev–Trinajstić information content (AvgIpc) is 2.67. The van der Waals surface area contributed by atoms with E-state index in [1.54, 1.807) is 30.3 Å². The van der Waals surface area contributed by atoms with Gasteiger partial charge in [0, 0.05) is 23.0 Å². The van der Waals surface area contributed by atoms with E-state index in [-0.39, 0.29) is 11.5 Å². The standard InChI is InChI=1S/C21H19ClN2O3/c1-2-27-18-10-8-17(9-11-18)23-21(26)16-7-12-20(25)24(14-16)13-15-5-3-4-6-19(15)22/h3-12,14H,2,13H2,1H3,(H,23,26). The summed E-state index contributed by atoms with van der Waals surface area (Å²) in [7, 11) is 0. The van der Waals surface area contributed by atoms with Gasteiger partial charge in [-0.15, -0.1) is 0 Å². The van der Waals surface area contributed by atoms with Crippen LogP contribution in [-0.4, -0.2) is 17.1 Å². The third-order valence-corrected chi connectivity index (χ3v) is 4.34. The van der Waals surface area contributed by atoms with E-state index in [4.69, 9.17) is 16.3 Å². The van der Waals surface area contributed by atoms with E-state index in [0.717, 1.165) is 11.3 Å². The summed E-state index contributed by atoms with van der Waals surface area (Å²) in [6.45, 7) is 2.79. The van der Waals surface area contributed by atoms with Gasteiger partial charge in [-0.2, -0.15) is 0 Å². The Morgan fingerprint density at radius 1 is 1.07 bits per heavy atom. The van der Waals surface area contributed by atoms with Gasteiger partial charge in [0.05, 0.1) is 18.7 Å². The zero-order chi connectivity index (χ0) is 19.2. The molecule has 0 saturated heterocycles. The minimum absolute atomic E-state index is 0.201. The first-order valence-electron chi connectivity index (χ1n) is 8.55. The zero-order valence-electron chi connectivity index (χ0n) is 14.8. The molecular formula is C21H19ClN2O3. The van der Waals surface area contributed by atoms with E-state index in [0.29, 0.717) is 29.4 Å². The van der Waals surface area contributed by atoms with Gasteiger partial charge >= 0.3 is 0 Å². The van der Waals surface area contributed by atoms with Crippen molar-refractivity contribution in [2.45, 2.75) is 13.5 Å². The molecule has 1 amide bonds. The number of carbonyl (C=O) groups is 1. The summed E-state index contributed by atoms with van der Waals surface area (Å²) >= 11 is 6.17. The van der Waals surface area contributed by atoms with Crippen molar-refractivity contribution in [3.8, 4) is 5.75 Å². The molecule has 3 rings (SSSR count). The molecule has 5 nitrogen and oxygen atoms in total. The van der Waals surface area contributed by atoms with Gasteiger partial charge in [0.1, 0.15) is 5.75 Å². The van der Waals surface area contributed by atoms with Crippen LogP contribution in [0.5, 0.6) is 5.75 Å². The molecule has 1 N–H and O–H groups in total. The second-order valence-electron chi connectivity index (χ2n) is 5.89. The number of benzene rings is 2. The fourth-order valence-electron chi connectivity index (χ4n) is 2.60. The van der Waals surface area contributed by atoms with E-state index in [9.17, 15) is 9.59 Å². The van der Waals surface area contributed by atoms with Crippen LogP contribution in [0.15, 0.2) is 71.7 Å². The number of hydrogen-bond acceptors (Lipinski definition) is 3. The van der Waals surface area contributed by atoms with Gasteiger partial charge in [0.25, 0.3) is 11.5 Å². The highest BCUT2D eigenvalue weighted by Gasteiger charge is 2.10. The Morgan fingerprint density at radius 2 is 1.81 bits per heavy atom. The SMILES string of the molecule is CCOc1ccc(NC(=O)c2ccc(=O)n(Cc3ccccc3Cl)c2)cc1. The number of anilines is 1. The number of aromatic nitrogens is 1. The van der Waals surface area contributed by atoms with Gasteiger partial charge < -0.3 is 14.6 Å². The molecule has 0 aliphatic rings. The van der Waals surface area contributed by atoms with E-state index >= 15 is 0 Å². The molecular weight excluding hydrogens is 364 g/mol. The summed E-state index contributed by atoms with van der Waals surface area (Å²) in [5.74, 6) is 0.441. The van der Waals surface area contributed by atoms with Crippen LogP contribution in [0, 0.1) is 0 Å². The largest absolute Gasteiger partial charge is 0.494 e. The molecule has 0 radical (unpaired) electrons. The van der Waals surface area contributed by atoms with Crippen molar-refractivity contribution in [3.05, 3.63) is 93.4 Å². The number of ether oxygens (including phenoxy) is 1. The topological polar surface area (TPSA) is 60.3 Å². The lowest BCUT2D eigenvalue weighted by Gasteiger charge is -2.10. The highest BCUT2D eigenvalue weighted by Crippen LogP contribution is 2.17. The number of carbonyl (C=O) groups excluding carboxylic acids is 1. The second kappa shape index (κ2) is 8.56. The highest BCUT2D eigenvalue weighted by molar-refractivity contribution is 6.31. The molecule has 0 spiro atoms. The number of nitrogens with zero attached hydrogens (tertiary/aromatic N) is 1. The summed E-state index contributed by atoms with van der Waals surface area (Å²) < 4.78 is 6.85. The van der Waals surface area contributed by atoms with Crippen molar-refractivity contribution in [2.24, 2.45) is 0 Å². The molecule has 0 atom stereocenters. The van der Waals surface area contributed by atoms with Gasteiger partial charge in [-0.05, 0) is 48.9 Å². The number of halogens is 1. The van der Waals surface area contributed by atoms with Crippen LogP contribution in [0.1, 0.15) is 22.8 Å². The van der Waals surface area contributed by atoms with Crippen LogP contribution in [0.2, 0.25) is 5.02 Å². The van der Waals surface area contributed by atoms with E-state index in [1.165, 1.54) is 22.9 Å². The minimum Gasteiger partial charge on any atom is -0.494 e. The van der Waals surface area contributed by atoms with Gasteiger partial charge in [-0.3, -0.25) is 9.59 Å². The first-order chi connectivity index (χ1) is 13.1. The Bertz CT molecular complexity index is 997. The average molecular weight is 383 g/mol. The summed E-state index contributed by atoms with van der Waals surface area (Å²) in [5, 5.41) is 3.39. The van der Waals surface area contributed by atoms with Crippen LogP contribution in [0.4, 0.5) is 5.69 Å². The molecule has 138 valence electrons. The number of nitrogens with one attached hydrogen (secondary N) is 1. The predicted octanol–water partition coefficient (Wildman–Crippen LogP) is 4.20. The van der Waals surface area contributed by atoms with Crippen molar-refractivity contribution >= 4 is 23.2 Å². The Labute approximate surface area is 162 Å². The normalized spacial score (nSPS) is 10.4. The van der Waals surface area contributed by atoms with Gasteiger partial charge in [0.2, 0.25) is 0 Å². The van der Waals surface area contributed by atoms with Crippen molar-refractivity contribution in [1.29, 1.82) is 0 Å². The molecule has 27 heavy (non-hydrogen) atoms. The fourth-order valence-corrected chi connectivity index (χ4v) is 2.80. The maximum atomic E-state index is 12.5. The first-order valence-corrected chi connectivity index (χ1v) is 8.92. The Balaban J connectivity index is 1.77. The lowest BCUT2D eigenvalue weighted by molar-refractivity contribution is 0.102. The van der Waals surface area contributed by atoms with E-state index in [1.807, 2.05) is 25.1 Å². The zero-order valence-corrected chi connectivity index (χ0v) is 15.6. The van der Waals surface area contributed by atoms with Crippen LogP contribution in [-0.2, 0) is 6.54 Å². The number of amides is 1. The lowest BCUT2D eigenvalue weighted by Crippen LogP contribution is -2.22. The Hall–Kier alpha value is -3.05. The molecule has 1 aromatic heterocycles. The summed E-state index contributed by atoms with van der Waals surface area (Å²) in [5.41, 5.74) is 1.64. The molecule has 6 heteroatoms.